The second-order valence-electron chi connectivity index (χ2n) is 4.23. The van der Waals surface area contributed by atoms with Crippen molar-refractivity contribution in [1.29, 1.82) is 0 Å². The Morgan fingerprint density at radius 3 is 2.62 bits per heavy atom. The molecule has 7 heteroatoms. The minimum atomic E-state index is 0.241. The molecule has 21 heavy (non-hydrogen) atoms. The van der Waals surface area contributed by atoms with Crippen LogP contribution in [0.3, 0.4) is 0 Å². The number of nitrogens with zero attached hydrogens (tertiary/aromatic N) is 4. The van der Waals surface area contributed by atoms with Crippen molar-refractivity contribution < 1.29 is 4.74 Å². The maximum Gasteiger partial charge on any atom is 0.322 e. The molecule has 0 saturated carbocycles. The maximum absolute atomic E-state index is 5.06. The summed E-state index contributed by atoms with van der Waals surface area (Å²) in [5.41, 5.74) is 1.67. The smallest absolute Gasteiger partial charge is 0.322 e. The molecule has 1 aromatic carbocycles. The molecule has 0 atom stereocenters. The molecule has 0 aliphatic carbocycles. The normalized spacial score (nSPS) is 10.4. The fourth-order valence-corrected chi connectivity index (χ4v) is 1.94. The molecule has 0 unspecified atom stereocenters. The first-order valence-electron chi connectivity index (χ1n) is 6.39. The standard InChI is InChI=1S/C14H14N6O/c1-15-12-18-13(20-14(19-12)21-2)17-10-7-3-5-9-6-4-8-16-11(9)10/h3-8H,1-2H3,(H2,15,17,18,19,20). The third-order valence-corrected chi connectivity index (χ3v) is 2.90. The Kier molecular flexibility index (Phi) is 3.46. The van der Waals surface area contributed by atoms with Crippen molar-refractivity contribution in [3.63, 3.8) is 0 Å². The molecule has 0 amide bonds. The van der Waals surface area contributed by atoms with Crippen molar-refractivity contribution >= 4 is 28.5 Å². The van der Waals surface area contributed by atoms with Crippen molar-refractivity contribution in [1.82, 2.24) is 19.9 Å². The molecule has 0 aliphatic heterocycles. The fraction of sp³-hybridized carbons (Fsp3) is 0.143. The summed E-state index contributed by atoms with van der Waals surface area (Å²) in [4.78, 5) is 16.9. The van der Waals surface area contributed by atoms with Crippen molar-refractivity contribution in [3.05, 3.63) is 36.5 Å². The van der Waals surface area contributed by atoms with E-state index in [9.17, 15) is 0 Å². The predicted molar refractivity (Wildman–Crippen MR) is 81.0 cm³/mol. The minimum absolute atomic E-state index is 0.241. The van der Waals surface area contributed by atoms with Crippen molar-refractivity contribution in [2.45, 2.75) is 0 Å². The van der Waals surface area contributed by atoms with E-state index in [4.69, 9.17) is 4.74 Å². The first-order chi connectivity index (χ1) is 10.3. The molecule has 2 heterocycles. The highest BCUT2D eigenvalue weighted by molar-refractivity contribution is 5.91. The largest absolute Gasteiger partial charge is 0.467 e. The number of hydrogen-bond donors (Lipinski definition) is 2. The highest BCUT2D eigenvalue weighted by Crippen LogP contribution is 2.23. The third-order valence-electron chi connectivity index (χ3n) is 2.90. The van der Waals surface area contributed by atoms with Gasteiger partial charge in [0.05, 0.1) is 18.3 Å². The summed E-state index contributed by atoms with van der Waals surface area (Å²) in [6.45, 7) is 0. The maximum atomic E-state index is 5.06. The zero-order chi connectivity index (χ0) is 14.7. The Morgan fingerprint density at radius 1 is 1.00 bits per heavy atom. The van der Waals surface area contributed by atoms with Gasteiger partial charge >= 0.3 is 6.01 Å². The molecule has 2 aromatic heterocycles. The molecule has 0 fully saturated rings. The number of hydrogen-bond acceptors (Lipinski definition) is 7. The van der Waals surface area contributed by atoms with Gasteiger partial charge < -0.3 is 15.4 Å². The Morgan fingerprint density at radius 2 is 1.81 bits per heavy atom. The van der Waals surface area contributed by atoms with Crippen LogP contribution in [0.25, 0.3) is 10.9 Å². The summed E-state index contributed by atoms with van der Waals surface area (Å²) >= 11 is 0. The van der Waals surface area contributed by atoms with Gasteiger partial charge in [0, 0.05) is 18.6 Å². The Bertz CT molecular complexity index is 749. The first-order valence-corrected chi connectivity index (χ1v) is 6.39. The lowest BCUT2D eigenvalue weighted by molar-refractivity contribution is 0.379. The summed E-state index contributed by atoms with van der Waals surface area (Å²) in [6.07, 6.45) is 1.75. The number of nitrogens with one attached hydrogen (secondary N) is 2. The van der Waals surface area contributed by atoms with Crippen molar-refractivity contribution in [3.8, 4) is 6.01 Å². The number of para-hydroxylation sites is 1. The van der Waals surface area contributed by atoms with Gasteiger partial charge in [0.15, 0.2) is 0 Å². The molecule has 3 aromatic rings. The number of aromatic nitrogens is 4. The molecule has 0 aliphatic rings. The number of anilines is 3. The van der Waals surface area contributed by atoms with Crippen LogP contribution < -0.4 is 15.4 Å². The van der Waals surface area contributed by atoms with Crippen LogP contribution in [-0.2, 0) is 0 Å². The average Bonchev–Trinajstić information content (AvgIpc) is 2.55. The molecule has 0 bridgehead atoms. The van der Waals surface area contributed by atoms with E-state index in [0.29, 0.717) is 11.9 Å². The number of benzene rings is 1. The Hall–Kier alpha value is -2.96. The van der Waals surface area contributed by atoms with Gasteiger partial charge in [-0.2, -0.15) is 15.0 Å². The quantitative estimate of drug-likeness (QED) is 0.758. The number of ether oxygens (including phenoxy) is 1. The zero-order valence-electron chi connectivity index (χ0n) is 11.7. The second-order valence-corrected chi connectivity index (χ2v) is 4.23. The summed E-state index contributed by atoms with van der Waals surface area (Å²) in [5.74, 6) is 0.821. The molecule has 0 spiro atoms. The molecule has 0 saturated heterocycles. The highest BCUT2D eigenvalue weighted by atomic mass is 16.5. The van der Waals surface area contributed by atoms with Crippen LogP contribution in [0.15, 0.2) is 36.5 Å². The molecule has 0 radical (unpaired) electrons. The van der Waals surface area contributed by atoms with Crippen LogP contribution >= 0.6 is 0 Å². The van der Waals surface area contributed by atoms with Gasteiger partial charge in [-0.15, -0.1) is 0 Å². The zero-order valence-corrected chi connectivity index (χ0v) is 11.7. The van der Waals surface area contributed by atoms with Crippen LogP contribution in [0.1, 0.15) is 0 Å². The van der Waals surface area contributed by atoms with Crippen LogP contribution in [-0.4, -0.2) is 34.1 Å². The highest BCUT2D eigenvalue weighted by Gasteiger charge is 2.08. The number of pyridine rings is 1. The van der Waals surface area contributed by atoms with E-state index >= 15 is 0 Å². The van der Waals surface area contributed by atoms with Gasteiger partial charge in [-0.05, 0) is 12.1 Å². The van der Waals surface area contributed by atoms with Gasteiger partial charge in [-0.3, -0.25) is 4.98 Å². The van der Waals surface area contributed by atoms with Gasteiger partial charge in [-0.1, -0.05) is 18.2 Å². The van der Waals surface area contributed by atoms with E-state index in [1.165, 1.54) is 7.11 Å². The van der Waals surface area contributed by atoms with E-state index in [2.05, 4.69) is 30.6 Å². The van der Waals surface area contributed by atoms with E-state index < -0.39 is 0 Å². The number of fused-ring (bicyclic) bond motifs is 1. The molecular formula is C14H14N6O. The summed E-state index contributed by atoms with van der Waals surface area (Å²) in [7, 11) is 3.25. The van der Waals surface area contributed by atoms with Crippen LogP contribution in [0.4, 0.5) is 17.6 Å². The Labute approximate surface area is 121 Å². The Balaban J connectivity index is 2.02. The van der Waals surface area contributed by atoms with E-state index in [1.807, 2.05) is 30.3 Å². The lowest BCUT2D eigenvalue weighted by atomic mass is 10.2. The SMILES string of the molecule is CNc1nc(Nc2cccc3cccnc23)nc(OC)n1. The lowest BCUT2D eigenvalue weighted by Gasteiger charge is -2.09. The van der Waals surface area contributed by atoms with Crippen molar-refractivity contribution in [2.75, 3.05) is 24.8 Å². The fourth-order valence-electron chi connectivity index (χ4n) is 1.94. The van der Waals surface area contributed by atoms with E-state index in [0.717, 1.165) is 16.6 Å². The third kappa shape index (κ3) is 2.66. The van der Waals surface area contributed by atoms with E-state index in [1.54, 1.807) is 13.2 Å². The van der Waals surface area contributed by atoms with Crippen LogP contribution in [0.2, 0.25) is 0 Å². The molecule has 3 rings (SSSR count). The van der Waals surface area contributed by atoms with E-state index in [-0.39, 0.29) is 6.01 Å². The monoisotopic (exact) mass is 282 g/mol. The molecular weight excluding hydrogens is 268 g/mol. The molecule has 7 nitrogen and oxygen atoms in total. The van der Waals surface area contributed by atoms with Gasteiger partial charge in [-0.25, -0.2) is 0 Å². The van der Waals surface area contributed by atoms with Gasteiger partial charge in [0.2, 0.25) is 11.9 Å². The van der Waals surface area contributed by atoms with Crippen LogP contribution in [0, 0.1) is 0 Å². The van der Waals surface area contributed by atoms with Gasteiger partial charge in [0.1, 0.15) is 0 Å². The van der Waals surface area contributed by atoms with Gasteiger partial charge in [0.25, 0.3) is 0 Å². The summed E-state index contributed by atoms with van der Waals surface area (Å²) in [5, 5.41) is 7.06. The lowest BCUT2D eigenvalue weighted by Crippen LogP contribution is -2.05. The number of methoxy groups -OCH3 is 1. The molecule has 106 valence electrons. The average molecular weight is 282 g/mol. The second kappa shape index (κ2) is 5.58. The molecule has 2 N–H and O–H groups in total. The summed E-state index contributed by atoms with van der Waals surface area (Å²) in [6, 6.07) is 10.0. The predicted octanol–water partition coefficient (Wildman–Crippen LogP) is 2.21. The minimum Gasteiger partial charge on any atom is -0.467 e. The topological polar surface area (TPSA) is 84.9 Å². The van der Waals surface area contributed by atoms with Crippen LogP contribution in [0.5, 0.6) is 6.01 Å². The summed E-state index contributed by atoms with van der Waals surface area (Å²) < 4.78 is 5.06. The number of rotatable bonds is 4. The van der Waals surface area contributed by atoms with Crippen molar-refractivity contribution in [2.24, 2.45) is 0 Å². The first kappa shape index (κ1) is 13.0.